The van der Waals surface area contributed by atoms with Crippen molar-refractivity contribution in [3.63, 3.8) is 0 Å². The van der Waals surface area contributed by atoms with Gasteiger partial charge in [-0.15, -0.1) is 11.8 Å². The molecule has 2 amide bonds. The van der Waals surface area contributed by atoms with Gasteiger partial charge in [0.25, 0.3) is 5.91 Å². The fourth-order valence-corrected chi connectivity index (χ4v) is 1.95. The summed E-state index contributed by atoms with van der Waals surface area (Å²) in [7, 11) is 0. The largest absolute Gasteiger partial charge is 0.480 e. The average Bonchev–Trinajstić information content (AvgIpc) is 2.45. The van der Waals surface area contributed by atoms with Gasteiger partial charge >= 0.3 is 5.97 Å². The maximum atomic E-state index is 11.6. The van der Waals surface area contributed by atoms with E-state index in [9.17, 15) is 14.4 Å². The highest BCUT2D eigenvalue weighted by Crippen LogP contribution is 2.01. The minimum absolute atomic E-state index is 0.00997. The number of carboxylic acid groups (broad SMARTS) is 1. The summed E-state index contributed by atoms with van der Waals surface area (Å²) in [5, 5.41) is 8.55. The second-order valence-electron chi connectivity index (χ2n) is 3.83. The number of nitrogens with one attached hydrogen (secondary N) is 2. The van der Waals surface area contributed by atoms with E-state index in [-0.39, 0.29) is 11.5 Å². The molecule has 0 saturated carbocycles. The van der Waals surface area contributed by atoms with Gasteiger partial charge in [-0.3, -0.25) is 25.2 Å². The van der Waals surface area contributed by atoms with E-state index in [1.807, 2.05) is 0 Å². The lowest BCUT2D eigenvalue weighted by molar-refractivity contribution is -0.138. The summed E-state index contributed by atoms with van der Waals surface area (Å²) in [6, 6.07) is 7.41. The summed E-state index contributed by atoms with van der Waals surface area (Å²) < 4.78 is 0. The number of carbonyl (C=O) groups excluding carboxylic acids is 2. The van der Waals surface area contributed by atoms with Crippen LogP contribution in [-0.2, 0) is 9.59 Å². The van der Waals surface area contributed by atoms with Crippen LogP contribution in [0.2, 0.25) is 0 Å². The van der Waals surface area contributed by atoms with Crippen molar-refractivity contribution in [2.24, 2.45) is 5.73 Å². The highest BCUT2D eigenvalue weighted by atomic mass is 32.2. The van der Waals surface area contributed by atoms with Crippen molar-refractivity contribution in [1.82, 2.24) is 10.9 Å². The summed E-state index contributed by atoms with van der Waals surface area (Å²) in [6.45, 7) is 0. The number of carboxylic acids is 1. The van der Waals surface area contributed by atoms with Crippen molar-refractivity contribution in [1.29, 1.82) is 0 Å². The monoisotopic (exact) mass is 297 g/mol. The molecule has 1 aromatic carbocycles. The Labute approximate surface area is 119 Å². The highest BCUT2D eigenvalue weighted by Gasteiger charge is 2.12. The van der Waals surface area contributed by atoms with Crippen LogP contribution in [-0.4, -0.2) is 40.4 Å². The van der Waals surface area contributed by atoms with Crippen LogP contribution in [0.25, 0.3) is 0 Å². The summed E-state index contributed by atoms with van der Waals surface area (Å²) in [6.07, 6.45) is 0. The number of nitrogens with two attached hydrogens (primary N) is 1. The molecule has 1 atom stereocenters. The molecule has 8 heteroatoms. The SMILES string of the molecule is N[C@@H](CSCC(=O)NNC(=O)c1ccccc1)C(=O)O. The zero-order valence-electron chi connectivity index (χ0n) is 10.5. The van der Waals surface area contributed by atoms with Crippen LogP contribution in [0.1, 0.15) is 10.4 Å². The maximum Gasteiger partial charge on any atom is 0.321 e. The molecule has 0 spiro atoms. The number of hydrazine groups is 1. The van der Waals surface area contributed by atoms with Gasteiger partial charge in [0.15, 0.2) is 0 Å². The number of rotatable bonds is 6. The smallest absolute Gasteiger partial charge is 0.321 e. The quantitative estimate of drug-likeness (QED) is 0.530. The van der Waals surface area contributed by atoms with Gasteiger partial charge in [0.2, 0.25) is 5.91 Å². The standard InChI is InChI=1S/C12H15N3O4S/c13-9(12(18)19)6-20-7-10(16)14-15-11(17)8-4-2-1-3-5-8/h1-5,9H,6-7,13H2,(H,14,16)(H,15,17)(H,18,19)/t9-/m0/s1. The van der Waals surface area contributed by atoms with Crippen molar-refractivity contribution in [2.45, 2.75) is 6.04 Å². The van der Waals surface area contributed by atoms with Gasteiger partial charge in [-0.1, -0.05) is 18.2 Å². The van der Waals surface area contributed by atoms with Crippen LogP contribution < -0.4 is 16.6 Å². The van der Waals surface area contributed by atoms with E-state index in [0.717, 1.165) is 11.8 Å². The van der Waals surface area contributed by atoms with E-state index in [1.165, 1.54) is 0 Å². The molecular weight excluding hydrogens is 282 g/mol. The third-order valence-corrected chi connectivity index (χ3v) is 3.26. The lowest BCUT2D eigenvalue weighted by Crippen LogP contribution is -2.42. The molecule has 0 radical (unpaired) electrons. The molecule has 0 aliphatic heterocycles. The van der Waals surface area contributed by atoms with Crippen molar-refractivity contribution in [3.8, 4) is 0 Å². The van der Waals surface area contributed by atoms with Gasteiger partial charge < -0.3 is 10.8 Å². The van der Waals surface area contributed by atoms with Crippen LogP contribution in [0.3, 0.4) is 0 Å². The predicted molar refractivity (Wildman–Crippen MR) is 75.0 cm³/mol. The second-order valence-corrected chi connectivity index (χ2v) is 4.86. The van der Waals surface area contributed by atoms with E-state index in [0.29, 0.717) is 5.56 Å². The molecular formula is C12H15N3O4S. The van der Waals surface area contributed by atoms with Gasteiger partial charge in [-0.05, 0) is 12.1 Å². The average molecular weight is 297 g/mol. The van der Waals surface area contributed by atoms with Crippen LogP contribution in [0.5, 0.6) is 0 Å². The lowest BCUT2D eigenvalue weighted by atomic mass is 10.2. The molecule has 5 N–H and O–H groups in total. The molecule has 0 aliphatic carbocycles. The molecule has 0 aromatic heterocycles. The van der Waals surface area contributed by atoms with E-state index in [4.69, 9.17) is 10.8 Å². The number of amides is 2. The third kappa shape index (κ3) is 5.72. The molecule has 108 valence electrons. The Morgan fingerprint density at radius 2 is 1.85 bits per heavy atom. The number of hydrogen-bond acceptors (Lipinski definition) is 5. The van der Waals surface area contributed by atoms with Gasteiger partial charge in [0.05, 0.1) is 5.75 Å². The van der Waals surface area contributed by atoms with Gasteiger partial charge in [-0.2, -0.15) is 0 Å². The molecule has 0 heterocycles. The minimum Gasteiger partial charge on any atom is -0.480 e. The Morgan fingerprint density at radius 3 is 2.45 bits per heavy atom. The predicted octanol–water partition coefficient (Wildman–Crippen LogP) is -0.407. The Bertz CT molecular complexity index is 481. The van der Waals surface area contributed by atoms with Crippen LogP contribution >= 0.6 is 11.8 Å². The number of carbonyl (C=O) groups is 3. The van der Waals surface area contributed by atoms with E-state index < -0.39 is 23.8 Å². The zero-order valence-corrected chi connectivity index (χ0v) is 11.4. The van der Waals surface area contributed by atoms with E-state index in [2.05, 4.69) is 10.9 Å². The molecule has 7 nitrogen and oxygen atoms in total. The van der Waals surface area contributed by atoms with Crippen LogP contribution in [0.15, 0.2) is 30.3 Å². The topological polar surface area (TPSA) is 122 Å². The van der Waals surface area contributed by atoms with Crippen LogP contribution in [0, 0.1) is 0 Å². The molecule has 0 aliphatic rings. The Hall–Kier alpha value is -2.06. The number of benzene rings is 1. The number of hydrogen-bond donors (Lipinski definition) is 4. The fourth-order valence-electron chi connectivity index (χ4n) is 1.17. The minimum atomic E-state index is -1.12. The normalized spacial score (nSPS) is 11.4. The Kier molecular flexibility index (Phi) is 6.54. The molecule has 0 saturated heterocycles. The van der Waals surface area contributed by atoms with Crippen molar-refractivity contribution < 1.29 is 19.5 Å². The molecule has 0 fully saturated rings. The zero-order chi connectivity index (χ0) is 15.0. The number of thioether (sulfide) groups is 1. The van der Waals surface area contributed by atoms with Gasteiger partial charge in [0.1, 0.15) is 6.04 Å². The first-order valence-corrected chi connectivity index (χ1v) is 6.86. The molecule has 20 heavy (non-hydrogen) atoms. The summed E-state index contributed by atoms with van der Waals surface area (Å²) >= 11 is 1.08. The first-order chi connectivity index (χ1) is 9.50. The summed E-state index contributed by atoms with van der Waals surface area (Å²) in [5.74, 6) is -1.84. The van der Waals surface area contributed by atoms with Crippen molar-refractivity contribution in [3.05, 3.63) is 35.9 Å². The maximum absolute atomic E-state index is 11.6. The fraction of sp³-hybridized carbons (Fsp3) is 0.250. The first-order valence-electron chi connectivity index (χ1n) is 5.71. The highest BCUT2D eigenvalue weighted by molar-refractivity contribution is 8.00. The van der Waals surface area contributed by atoms with E-state index >= 15 is 0 Å². The van der Waals surface area contributed by atoms with Crippen LogP contribution in [0.4, 0.5) is 0 Å². The lowest BCUT2D eigenvalue weighted by Gasteiger charge is -2.08. The first kappa shape index (κ1) is 16.0. The van der Waals surface area contributed by atoms with Gasteiger partial charge in [-0.25, -0.2) is 0 Å². The molecule has 0 unspecified atom stereocenters. The van der Waals surface area contributed by atoms with Gasteiger partial charge in [0, 0.05) is 11.3 Å². The second kappa shape index (κ2) is 8.18. The number of aliphatic carboxylic acids is 1. The van der Waals surface area contributed by atoms with Crippen molar-refractivity contribution in [2.75, 3.05) is 11.5 Å². The van der Waals surface area contributed by atoms with Crippen molar-refractivity contribution >= 4 is 29.5 Å². The Balaban J connectivity index is 2.23. The Morgan fingerprint density at radius 1 is 1.20 bits per heavy atom. The molecule has 1 rings (SSSR count). The molecule has 0 bridgehead atoms. The third-order valence-electron chi connectivity index (χ3n) is 2.20. The summed E-state index contributed by atoms with van der Waals surface area (Å²) in [4.78, 5) is 33.4. The summed E-state index contributed by atoms with van der Waals surface area (Å²) in [5.41, 5.74) is 10.2. The molecule has 1 aromatic rings. The van der Waals surface area contributed by atoms with E-state index in [1.54, 1.807) is 30.3 Å².